The number of hydrogen-bond donors (Lipinski definition) is 2. The molecule has 2 aromatic rings. The summed E-state index contributed by atoms with van der Waals surface area (Å²) >= 11 is 0. The number of benzene rings is 1. The van der Waals surface area contributed by atoms with Crippen molar-refractivity contribution in [1.29, 1.82) is 0 Å². The maximum atomic E-state index is 13.7. The van der Waals surface area contributed by atoms with E-state index in [0.29, 0.717) is 17.0 Å². The number of imidazole rings is 1. The third-order valence-electron chi connectivity index (χ3n) is 5.12. The summed E-state index contributed by atoms with van der Waals surface area (Å²) < 4.78 is 19.4. The lowest BCUT2D eigenvalue weighted by atomic mass is 9.57. The van der Waals surface area contributed by atoms with Gasteiger partial charge in [0.2, 0.25) is 0 Å². The number of nitrogens with one attached hydrogen (secondary N) is 2. The zero-order valence-corrected chi connectivity index (χ0v) is 12.5. The Morgan fingerprint density at radius 3 is 3.14 bits per heavy atom. The number of hydrogen-bond acceptors (Lipinski definition) is 3. The highest BCUT2D eigenvalue weighted by Gasteiger charge is 2.59. The molecule has 1 aliphatic heterocycles. The number of nitrogens with zero attached hydrogens (tertiary/aromatic N) is 1. The van der Waals surface area contributed by atoms with E-state index in [4.69, 9.17) is 4.74 Å². The number of carbonyl (C=O) groups is 1. The predicted octanol–water partition coefficient (Wildman–Crippen LogP) is 2.25. The molecule has 116 valence electrons. The van der Waals surface area contributed by atoms with Gasteiger partial charge in [-0.3, -0.25) is 4.79 Å². The van der Waals surface area contributed by atoms with Gasteiger partial charge in [-0.15, -0.1) is 0 Å². The van der Waals surface area contributed by atoms with Crippen molar-refractivity contribution in [3.8, 4) is 0 Å². The molecule has 1 saturated heterocycles. The molecule has 1 amide bonds. The van der Waals surface area contributed by atoms with Crippen molar-refractivity contribution < 1.29 is 13.9 Å². The van der Waals surface area contributed by atoms with Crippen LogP contribution in [0.25, 0.3) is 11.0 Å². The number of aromatic amines is 1. The van der Waals surface area contributed by atoms with Crippen LogP contribution in [-0.4, -0.2) is 34.6 Å². The largest absolute Gasteiger partial charge is 0.377 e. The molecule has 2 fully saturated rings. The van der Waals surface area contributed by atoms with Crippen molar-refractivity contribution in [1.82, 2.24) is 15.3 Å². The Labute approximate surface area is 127 Å². The summed E-state index contributed by atoms with van der Waals surface area (Å²) in [5.41, 5.74) is 1.19. The van der Waals surface area contributed by atoms with Gasteiger partial charge in [0, 0.05) is 24.0 Å². The fraction of sp³-hybridized carbons (Fsp3) is 0.500. The normalized spacial score (nSPS) is 29.1. The monoisotopic (exact) mass is 303 g/mol. The average Bonchev–Trinajstić information content (AvgIpc) is 3.10. The van der Waals surface area contributed by atoms with Crippen LogP contribution in [0, 0.1) is 17.2 Å². The van der Waals surface area contributed by atoms with Crippen molar-refractivity contribution in [3.63, 3.8) is 0 Å². The number of H-pyrrole nitrogens is 1. The van der Waals surface area contributed by atoms with E-state index in [0.717, 1.165) is 13.0 Å². The lowest BCUT2D eigenvalue weighted by Crippen LogP contribution is -2.66. The molecule has 1 aromatic heterocycles. The van der Waals surface area contributed by atoms with E-state index >= 15 is 0 Å². The van der Waals surface area contributed by atoms with E-state index in [1.807, 2.05) is 0 Å². The Hall–Kier alpha value is -1.95. The Bertz CT molecular complexity index is 755. The Balaban J connectivity index is 1.63. The summed E-state index contributed by atoms with van der Waals surface area (Å²) in [6, 6.07) is 2.63. The Morgan fingerprint density at radius 1 is 1.50 bits per heavy atom. The van der Waals surface area contributed by atoms with Gasteiger partial charge in [-0.2, -0.15) is 0 Å². The minimum Gasteiger partial charge on any atom is -0.377 e. The molecule has 0 spiro atoms. The quantitative estimate of drug-likeness (QED) is 0.894. The van der Waals surface area contributed by atoms with E-state index < -0.39 is 5.82 Å². The standard InChI is InChI=1S/C16H18FN3O2/c1-16(2)13(9-3-4-22-14(9)16)20-15(21)10-5-8(17)6-11-12(10)19-7-18-11/h5-7,9,13-14H,3-4H2,1-2H3,(H,18,19)(H,20,21). The summed E-state index contributed by atoms with van der Waals surface area (Å²) in [6.07, 6.45) is 2.63. The third kappa shape index (κ3) is 1.80. The first-order chi connectivity index (χ1) is 10.5. The van der Waals surface area contributed by atoms with Crippen LogP contribution in [-0.2, 0) is 4.74 Å². The highest BCUT2D eigenvalue weighted by Crippen LogP contribution is 2.52. The van der Waals surface area contributed by atoms with Gasteiger partial charge in [0.15, 0.2) is 0 Å². The number of ether oxygens (including phenoxy) is 1. The third-order valence-corrected chi connectivity index (χ3v) is 5.12. The maximum Gasteiger partial charge on any atom is 0.253 e. The van der Waals surface area contributed by atoms with Crippen molar-refractivity contribution in [2.24, 2.45) is 11.3 Å². The topological polar surface area (TPSA) is 67.0 Å². The highest BCUT2D eigenvalue weighted by atomic mass is 19.1. The first-order valence-corrected chi connectivity index (χ1v) is 7.53. The van der Waals surface area contributed by atoms with Crippen LogP contribution in [0.4, 0.5) is 4.39 Å². The number of rotatable bonds is 2. The van der Waals surface area contributed by atoms with Crippen LogP contribution in [0.2, 0.25) is 0 Å². The first-order valence-electron chi connectivity index (χ1n) is 7.53. The molecular formula is C16H18FN3O2. The van der Waals surface area contributed by atoms with Crippen molar-refractivity contribution in [3.05, 3.63) is 29.8 Å². The summed E-state index contributed by atoms with van der Waals surface area (Å²) in [6.45, 7) is 4.94. The molecule has 4 rings (SSSR count). The number of carbonyl (C=O) groups excluding carboxylic acids is 1. The first kappa shape index (κ1) is 13.7. The fourth-order valence-corrected chi connectivity index (χ4v) is 4.02. The summed E-state index contributed by atoms with van der Waals surface area (Å²) in [5, 5.41) is 3.06. The van der Waals surface area contributed by atoms with Gasteiger partial charge >= 0.3 is 0 Å². The minimum absolute atomic E-state index is 0.0461. The van der Waals surface area contributed by atoms with Gasteiger partial charge in [0.25, 0.3) is 5.91 Å². The maximum absolute atomic E-state index is 13.7. The molecule has 22 heavy (non-hydrogen) atoms. The van der Waals surface area contributed by atoms with Crippen molar-refractivity contribution in [2.75, 3.05) is 6.61 Å². The second-order valence-electron chi connectivity index (χ2n) is 6.77. The fourth-order valence-electron chi connectivity index (χ4n) is 4.02. The summed E-state index contributed by atoms with van der Waals surface area (Å²) in [4.78, 5) is 19.6. The second-order valence-corrected chi connectivity index (χ2v) is 6.77. The molecule has 0 bridgehead atoms. The van der Waals surface area contributed by atoms with Gasteiger partial charge < -0.3 is 15.0 Å². The molecule has 1 saturated carbocycles. The van der Waals surface area contributed by atoms with Crippen LogP contribution < -0.4 is 5.32 Å². The lowest BCUT2D eigenvalue weighted by Gasteiger charge is -2.54. The minimum atomic E-state index is -0.447. The van der Waals surface area contributed by atoms with E-state index in [9.17, 15) is 9.18 Å². The molecule has 5 nitrogen and oxygen atoms in total. The molecule has 2 heterocycles. The van der Waals surface area contributed by atoms with Gasteiger partial charge in [0.1, 0.15) is 11.3 Å². The molecular weight excluding hydrogens is 285 g/mol. The number of amides is 1. The average molecular weight is 303 g/mol. The van der Waals surface area contributed by atoms with E-state index in [2.05, 4.69) is 29.1 Å². The van der Waals surface area contributed by atoms with Crippen LogP contribution in [0.3, 0.4) is 0 Å². The summed E-state index contributed by atoms with van der Waals surface area (Å²) in [5.74, 6) is -0.376. The van der Waals surface area contributed by atoms with Crippen LogP contribution in [0.5, 0.6) is 0 Å². The molecule has 1 aromatic carbocycles. The van der Waals surface area contributed by atoms with Crippen molar-refractivity contribution in [2.45, 2.75) is 32.4 Å². The zero-order chi connectivity index (χ0) is 15.5. The molecule has 3 unspecified atom stereocenters. The smallest absolute Gasteiger partial charge is 0.253 e. The van der Waals surface area contributed by atoms with Crippen LogP contribution >= 0.6 is 0 Å². The Morgan fingerprint density at radius 2 is 2.32 bits per heavy atom. The van der Waals surface area contributed by atoms with Gasteiger partial charge in [-0.1, -0.05) is 13.8 Å². The lowest BCUT2D eigenvalue weighted by molar-refractivity contribution is -0.108. The van der Waals surface area contributed by atoms with Gasteiger partial charge in [0.05, 0.1) is 23.5 Å². The molecule has 0 radical (unpaired) electrons. The molecule has 6 heteroatoms. The predicted molar refractivity (Wildman–Crippen MR) is 78.9 cm³/mol. The van der Waals surface area contributed by atoms with E-state index in [1.54, 1.807) is 0 Å². The van der Waals surface area contributed by atoms with Gasteiger partial charge in [-0.25, -0.2) is 9.37 Å². The molecule has 2 N–H and O–H groups in total. The zero-order valence-electron chi connectivity index (χ0n) is 12.5. The van der Waals surface area contributed by atoms with E-state index in [-0.39, 0.29) is 29.0 Å². The Kier molecular flexibility index (Phi) is 2.81. The molecule has 2 aliphatic rings. The van der Waals surface area contributed by atoms with E-state index in [1.165, 1.54) is 18.5 Å². The van der Waals surface area contributed by atoms with Crippen LogP contribution in [0.1, 0.15) is 30.6 Å². The van der Waals surface area contributed by atoms with Gasteiger partial charge in [-0.05, 0) is 18.6 Å². The van der Waals surface area contributed by atoms with Crippen LogP contribution in [0.15, 0.2) is 18.5 Å². The van der Waals surface area contributed by atoms with Crippen molar-refractivity contribution >= 4 is 16.9 Å². The highest BCUT2D eigenvalue weighted by molar-refractivity contribution is 6.05. The molecule has 1 aliphatic carbocycles. The number of halogens is 1. The number of fused-ring (bicyclic) bond motifs is 2. The molecule has 3 atom stereocenters. The summed E-state index contributed by atoms with van der Waals surface area (Å²) in [7, 11) is 0. The second kappa shape index (κ2) is 4.52. The number of aromatic nitrogens is 2. The SMILES string of the molecule is CC1(C)C(NC(=O)c2cc(F)cc3[nH]cnc23)C2CCOC21.